The molecule has 0 aliphatic carbocycles. The number of anilines is 1. The van der Waals surface area contributed by atoms with E-state index in [9.17, 15) is 4.79 Å². The summed E-state index contributed by atoms with van der Waals surface area (Å²) in [5.74, 6) is -0.490. The first-order chi connectivity index (χ1) is 16.0. The van der Waals surface area contributed by atoms with Crippen LogP contribution in [0.3, 0.4) is 0 Å². The molecule has 0 saturated heterocycles. The molecule has 0 spiro atoms. The minimum absolute atomic E-state index is 0.0605. The van der Waals surface area contributed by atoms with E-state index in [1.165, 1.54) is 29.9 Å². The number of amides is 1. The molecule has 4 rings (SSSR count). The number of aromatic nitrogens is 3. The Balaban J connectivity index is 1.58. The van der Waals surface area contributed by atoms with Crippen LogP contribution in [0.2, 0.25) is 10.0 Å². The maximum atomic E-state index is 13.2. The SMILES string of the molecule is Cc1nc(N(OCc2ccccc2Cl)C(=O)c2ccncn2)sc1OCc1ccccc1Cl. The fourth-order valence-electron chi connectivity index (χ4n) is 2.82. The van der Waals surface area contributed by atoms with E-state index in [4.69, 9.17) is 32.8 Å². The van der Waals surface area contributed by atoms with Crippen molar-refractivity contribution in [3.63, 3.8) is 0 Å². The lowest BCUT2D eigenvalue weighted by Crippen LogP contribution is -2.31. The van der Waals surface area contributed by atoms with Crippen molar-refractivity contribution in [2.24, 2.45) is 0 Å². The van der Waals surface area contributed by atoms with E-state index in [2.05, 4.69) is 15.0 Å². The van der Waals surface area contributed by atoms with Crippen LogP contribution in [0.4, 0.5) is 5.13 Å². The largest absolute Gasteiger partial charge is 0.478 e. The number of hydrogen-bond donors (Lipinski definition) is 0. The van der Waals surface area contributed by atoms with Gasteiger partial charge in [0.1, 0.15) is 25.2 Å². The second-order valence-corrected chi connectivity index (χ2v) is 8.56. The highest BCUT2D eigenvalue weighted by Gasteiger charge is 2.25. The van der Waals surface area contributed by atoms with Gasteiger partial charge in [-0.15, -0.1) is 0 Å². The van der Waals surface area contributed by atoms with Crippen molar-refractivity contribution in [1.29, 1.82) is 0 Å². The van der Waals surface area contributed by atoms with Crippen LogP contribution in [-0.4, -0.2) is 20.9 Å². The highest BCUT2D eigenvalue weighted by Crippen LogP contribution is 2.35. The highest BCUT2D eigenvalue weighted by atomic mass is 35.5. The van der Waals surface area contributed by atoms with E-state index in [-0.39, 0.29) is 18.9 Å². The zero-order chi connectivity index (χ0) is 23.2. The van der Waals surface area contributed by atoms with E-state index in [1.807, 2.05) is 36.4 Å². The molecule has 2 aromatic heterocycles. The summed E-state index contributed by atoms with van der Waals surface area (Å²) in [5.41, 5.74) is 2.35. The lowest BCUT2D eigenvalue weighted by molar-refractivity contribution is 0.0594. The smallest absolute Gasteiger partial charge is 0.303 e. The van der Waals surface area contributed by atoms with Crippen molar-refractivity contribution in [2.75, 3.05) is 5.06 Å². The number of nitrogens with zero attached hydrogens (tertiary/aromatic N) is 4. The van der Waals surface area contributed by atoms with Crippen LogP contribution in [0.1, 0.15) is 27.3 Å². The Hall–Kier alpha value is -3.04. The maximum Gasteiger partial charge on any atom is 0.303 e. The van der Waals surface area contributed by atoms with Crippen LogP contribution in [0, 0.1) is 6.92 Å². The van der Waals surface area contributed by atoms with Crippen LogP contribution in [0.5, 0.6) is 5.06 Å². The number of hydroxylamine groups is 1. The van der Waals surface area contributed by atoms with Gasteiger partial charge in [0.2, 0.25) is 5.13 Å². The maximum absolute atomic E-state index is 13.2. The average Bonchev–Trinajstić information content (AvgIpc) is 3.20. The summed E-state index contributed by atoms with van der Waals surface area (Å²) >= 11 is 13.6. The van der Waals surface area contributed by atoms with Gasteiger partial charge in [-0.05, 0) is 30.7 Å². The number of aryl methyl sites for hydroxylation is 1. The molecular formula is C23H18Cl2N4O3S. The molecule has 0 N–H and O–H groups in total. The first-order valence-electron chi connectivity index (χ1n) is 9.83. The Labute approximate surface area is 204 Å². The third-order valence-corrected chi connectivity index (χ3v) is 6.30. The van der Waals surface area contributed by atoms with Crippen molar-refractivity contribution >= 4 is 45.6 Å². The zero-order valence-electron chi connectivity index (χ0n) is 17.4. The van der Waals surface area contributed by atoms with Gasteiger partial charge in [-0.25, -0.2) is 15.0 Å². The topological polar surface area (TPSA) is 77.4 Å². The fraction of sp³-hybridized carbons (Fsp3) is 0.130. The molecule has 0 bridgehead atoms. The van der Waals surface area contributed by atoms with E-state index < -0.39 is 5.91 Å². The zero-order valence-corrected chi connectivity index (χ0v) is 19.8. The summed E-state index contributed by atoms with van der Waals surface area (Å²) in [6.45, 7) is 2.12. The van der Waals surface area contributed by atoms with E-state index in [0.29, 0.717) is 25.9 Å². The van der Waals surface area contributed by atoms with E-state index >= 15 is 0 Å². The molecule has 0 atom stereocenters. The van der Waals surface area contributed by atoms with Gasteiger partial charge in [0.15, 0.2) is 5.06 Å². The molecule has 168 valence electrons. The minimum Gasteiger partial charge on any atom is -0.478 e. The van der Waals surface area contributed by atoms with Gasteiger partial charge >= 0.3 is 5.91 Å². The number of carbonyl (C=O) groups excluding carboxylic acids is 1. The third kappa shape index (κ3) is 5.66. The Bertz CT molecular complexity index is 1250. The third-order valence-electron chi connectivity index (χ3n) is 4.53. The van der Waals surface area contributed by atoms with Gasteiger partial charge in [0.25, 0.3) is 0 Å². The number of carbonyl (C=O) groups is 1. The highest BCUT2D eigenvalue weighted by molar-refractivity contribution is 7.17. The second-order valence-electron chi connectivity index (χ2n) is 6.81. The van der Waals surface area contributed by atoms with Gasteiger partial charge in [-0.2, -0.15) is 5.06 Å². The van der Waals surface area contributed by atoms with Crippen LogP contribution >= 0.6 is 34.5 Å². The van der Waals surface area contributed by atoms with Crippen LogP contribution in [-0.2, 0) is 18.1 Å². The molecule has 0 saturated carbocycles. The summed E-state index contributed by atoms with van der Waals surface area (Å²) < 4.78 is 5.93. The Morgan fingerprint density at radius 2 is 1.67 bits per heavy atom. The first-order valence-corrected chi connectivity index (χ1v) is 11.4. The number of rotatable bonds is 8. The summed E-state index contributed by atoms with van der Waals surface area (Å²) in [5, 5.41) is 3.10. The van der Waals surface area contributed by atoms with Crippen LogP contribution < -0.4 is 9.80 Å². The number of benzene rings is 2. The van der Waals surface area contributed by atoms with Gasteiger partial charge in [0, 0.05) is 21.8 Å². The molecule has 7 nitrogen and oxygen atoms in total. The molecule has 4 aromatic rings. The van der Waals surface area contributed by atoms with Crippen molar-refractivity contribution in [3.05, 3.63) is 99.7 Å². The first kappa shape index (κ1) is 23.1. The number of thiazole rings is 1. The summed E-state index contributed by atoms with van der Waals surface area (Å²) in [6, 6.07) is 16.2. The van der Waals surface area contributed by atoms with Crippen molar-refractivity contribution in [3.8, 4) is 5.06 Å². The van der Waals surface area contributed by atoms with Crippen molar-refractivity contribution in [2.45, 2.75) is 20.1 Å². The molecular weight excluding hydrogens is 483 g/mol. The lowest BCUT2D eigenvalue weighted by Gasteiger charge is -2.19. The van der Waals surface area contributed by atoms with Gasteiger partial charge < -0.3 is 4.74 Å². The number of ether oxygens (including phenoxy) is 1. The number of hydrogen-bond acceptors (Lipinski definition) is 7. The lowest BCUT2D eigenvalue weighted by atomic mass is 10.2. The van der Waals surface area contributed by atoms with Gasteiger partial charge in [-0.1, -0.05) is 70.9 Å². The summed E-state index contributed by atoms with van der Waals surface area (Å²) in [4.78, 5) is 31.4. The molecule has 2 heterocycles. The van der Waals surface area contributed by atoms with Crippen molar-refractivity contribution in [1.82, 2.24) is 15.0 Å². The molecule has 0 aliphatic rings. The molecule has 0 aliphatic heterocycles. The quantitative estimate of drug-likeness (QED) is 0.280. The Morgan fingerprint density at radius 1 is 1.00 bits per heavy atom. The number of halogens is 2. The second kappa shape index (κ2) is 10.7. The van der Waals surface area contributed by atoms with Crippen LogP contribution in [0.25, 0.3) is 0 Å². The van der Waals surface area contributed by atoms with Gasteiger partial charge in [0.05, 0.1) is 5.69 Å². The Morgan fingerprint density at radius 3 is 2.30 bits per heavy atom. The monoisotopic (exact) mass is 500 g/mol. The standard InChI is InChI=1S/C23H18Cl2N4O3S/c1-15-22(31-12-16-6-2-4-8-18(16)24)33-23(28-15)29(21(30)20-10-11-26-14-27-20)32-13-17-7-3-5-9-19(17)25/h2-11,14H,12-13H2,1H3. The molecule has 2 aromatic carbocycles. The van der Waals surface area contributed by atoms with Crippen LogP contribution in [0.15, 0.2) is 67.1 Å². The predicted octanol–water partition coefficient (Wildman–Crippen LogP) is 5.91. The molecule has 0 fully saturated rings. The molecule has 0 unspecified atom stereocenters. The normalized spacial score (nSPS) is 10.8. The van der Waals surface area contributed by atoms with Crippen molar-refractivity contribution < 1.29 is 14.4 Å². The molecule has 1 amide bonds. The fourth-order valence-corrected chi connectivity index (χ4v) is 4.08. The predicted molar refractivity (Wildman–Crippen MR) is 128 cm³/mol. The molecule has 0 radical (unpaired) electrons. The summed E-state index contributed by atoms with van der Waals surface area (Å²) in [6.07, 6.45) is 2.78. The van der Waals surface area contributed by atoms with E-state index in [0.717, 1.165) is 16.2 Å². The average molecular weight is 501 g/mol. The van der Waals surface area contributed by atoms with Gasteiger partial charge in [-0.3, -0.25) is 9.63 Å². The molecule has 10 heteroatoms. The minimum atomic E-state index is -0.490. The summed E-state index contributed by atoms with van der Waals surface area (Å²) in [7, 11) is 0. The Kier molecular flexibility index (Phi) is 7.51. The van der Waals surface area contributed by atoms with E-state index in [1.54, 1.807) is 19.1 Å². The molecule has 33 heavy (non-hydrogen) atoms.